The number of amides is 2. The van der Waals surface area contributed by atoms with Gasteiger partial charge in [-0.15, -0.1) is 0 Å². The lowest BCUT2D eigenvalue weighted by Crippen LogP contribution is -2.48. The summed E-state index contributed by atoms with van der Waals surface area (Å²) in [5.41, 5.74) is 4.07. The fourth-order valence-corrected chi connectivity index (χ4v) is 4.81. The first-order valence-corrected chi connectivity index (χ1v) is 11.3. The van der Waals surface area contributed by atoms with Crippen molar-refractivity contribution >= 4 is 21.8 Å². The van der Waals surface area contributed by atoms with Crippen molar-refractivity contribution in [1.29, 1.82) is 0 Å². The van der Waals surface area contributed by atoms with Crippen LogP contribution in [0, 0.1) is 12.3 Å². The molecule has 1 aliphatic rings. The number of nitrogens with zero attached hydrogens (tertiary/aromatic N) is 2. The van der Waals surface area contributed by atoms with Crippen molar-refractivity contribution in [2.24, 2.45) is 11.7 Å². The number of aromatic nitrogens is 1. The van der Waals surface area contributed by atoms with Gasteiger partial charge in [0.15, 0.2) is 5.03 Å². The van der Waals surface area contributed by atoms with Crippen LogP contribution in [0.3, 0.4) is 0 Å². The van der Waals surface area contributed by atoms with Crippen molar-refractivity contribution < 1.29 is 36.3 Å². The van der Waals surface area contributed by atoms with Gasteiger partial charge in [0.25, 0.3) is 10.0 Å². The summed E-state index contributed by atoms with van der Waals surface area (Å²) in [5, 5.41) is 12.6. The third-order valence-electron chi connectivity index (χ3n) is 5.33. The normalized spacial score (nSPS) is 23.9. The number of nitrogens with two attached hydrogens (primary N) is 1. The molecule has 1 radical (unpaired) electrons. The Labute approximate surface area is 184 Å². The maximum absolute atomic E-state index is 13.0. The second-order valence-corrected chi connectivity index (χ2v) is 9.65. The lowest BCUT2D eigenvalue weighted by molar-refractivity contribution is -0.138. The lowest BCUT2D eigenvalue weighted by Gasteiger charge is -2.27. The Morgan fingerprint density at radius 2 is 2.03 bits per heavy atom. The molecule has 2 heterocycles. The molecule has 1 aromatic heterocycles. The number of hydrogen-bond donors (Lipinski definition) is 3. The Morgan fingerprint density at radius 3 is 2.56 bits per heavy atom. The number of sulfonamides is 1. The molecule has 1 aliphatic heterocycles. The number of nitrogens with one attached hydrogen (secondary N) is 1. The van der Waals surface area contributed by atoms with Crippen LogP contribution >= 0.6 is 0 Å². The summed E-state index contributed by atoms with van der Waals surface area (Å²) in [6.45, 7) is 2.78. The number of carbonyl (C=O) groups excluding carboxylic acids is 2. The van der Waals surface area contributed by atoms with Gasteiger partial charge in [0, 0.05) is 24.7 Å². The summed E-state index contributed by atoms with van der Waals surface area (Å²) < 4.78 is 65.1. The van der Waals surface area contributed by atoms with Gasteiger partial charge >= 0.3 is 6.18 Å². The molecule has 1 fully saturated rings. The van der Waals surface area contributed by atoms with Crippen LogP contribution in [0.25, 0.3) is 0 Å². The van der Waals surface area contributed by atoms with Gasteiger partial charge in [-0.2, -0.15) is 17.5 Å². The highest BCUT2D eigenvalue weighted by Gasteiger charge is 2.38. The number of carbonyl (C=O) groups is 2. The van der Waals surface area contributed by atoms with Crippen LogP contribution in [0.15, 0.2) is 23.4 Å². The largest absolute Gasteiger partial charge is 0.417 e. The van der Waals surface area contributed by atoms with Gasteiger partial charge in [-0.3, -0.25) is 9.59 Å². The van der Waals surface area contributed by atoms with E-state index in [1.807, 2.05) is 0 Å². The van der Waals surface area contributed by atoms with Gasteiger partial charge in [0.2, 0.25) is 11.8 Å². The van der Waals surface area contributed by atoms with E-state index in [1.54, 1.807) is 13.8 Å². The van der Waals surface area contributed by atoms with Crippen LogP contribution in [-0.2, 0) is 25.8 Å². The Hall–Kier alpha value is -2.25. The number of hydrogen-bond acceptors (Lipinski definition) is 6. The third kappa shape index (κ3) is 6.39. The topological polar surface area (TPSA) is 143 Å². The molecule has 0 spiro atoms. The molecule has 0 bridgehead atoms. The third-order valence-corrected chi connectivity index (χ3v) is 7.22. The zero-order chi connectivity index (χ0) is 24.3. The van der Waals surface area contributed by atoms with Gasteiger partial charge in [-0.25, -0.2) is 13.4 Å². The van der Waals surface area contributed by atoms with Gasteiger partial charge < -0.3 is 16.2 Å². The summed E-state index contributed by atoms with van der Waals surface area (Å²) in [7, 11) is -4.29. The summed E-state index contributed by atoms with van der Waals surface area (Å²) in [4.78, 5) is 26.6. The number of halogens is 3. The van der Waals surface area contributed by atoms with E-state index in [0.29, 0.717) is 12.3 Å². The summed E-state index contributed by atoms with van der Waals surface area (Å²) in [5.74, 6) is -1.64. The highest BCUT2D eigenvalue weighted by Crippen LogP contribution is 2.30. The molecule has 32 heavy (non-hydrogen) atoms. The zero-order valence-electron chi connectivity index (χ0n) is 17.5. The van der Waals surface area contributed by atoms with E-state index in [0.717, 1.165) is 10.4 Å². The number of rotatable bonds is 7. The van der Waals surface area contributed by atoms with Crippen molar-refractivity contribution in [3.05, 3.63) is 30.3 Å². The smallest absolute Gasteiger partial charge is 0.390 e. The van der Waals surface area contributed by atoms with Crippen molar-refractivity contribution in [3.8, 4) is 0 Å². The molecule has 9 nitrogen and oxygen atoms in total. The zero-order valence-corrected chi connectivity index (χ0v) is 18.4. The Kier molecular flexibility index (Phi) is 8.23. The number of aliphatic hydroxyl groups is 1. The molecule has 2 amide bonds. The molecular weight excluding hydrogens is 453 g/mol. The predicted molar refractivity (Wildman–Crippen MR) is 107 cm³/mol. The van der Waals surface area contributed by atoms with Crippen LogP contribution in [0.2, 0.25) is 0 Å². The van der Waals surface area contributed by atoms with Crippen LogP contribution in [0.5, 0.6) is 0 Å². The molecule has 13 heteroatoms. The molecule has 4 atom stereocenters. The van der Waals surface area contributed by atoms with Gasteiger partial charge in [-0.1, -0.05) is 6.92 Å². The highest BCUT2D eigenvalue weighted by atomic mass is 32.2. The predicted octanol–water partition coefficient (Wildman–Crippen LogP) is 0.835. The summed E-state index contributed by atoms with van der Waals surface area (Å²) >= 11 is 0. The first kappa shape index (κ1) is 26.0. The van der Waals surface area contributed by atoms with E-state index in [9.17, 15) is 36.3 Å². The molecule has 0 unspecified atom stereocenters. The standard InChI is InChI=1S/C19H26F3N4O5S/c1-11(18(23)29)3-7-16(28)25-14-6-4-12(2)26(10-15(14)27)32(30,31)17-8-5-13(9-24-17)19(20,21)22/h5,7-9,11-12,14-15,27H,3-4,6,10H2,1-2H3,(H2,23,29)(H,25,28)/t11-,12+,14-,15-/m0/s1. The van der Waals surface area contributed by atoms with Crippen molar-refractivity contribution in [2.45, 2.75) is 62.5 Å². The fraction of sp³-hybridized carbons (Fsp3) is 0.579. The van der Waals surface area contributed by atoms with Crippen LogP contribution in [0.4, 0.5) is 13.2 Å². The van der Waals surface area contributed by atoms with Crippen molar-refractivity contribution in [2.75, 3.05) is 6.54 Å². The maximum atomic E-state index is 13.0. The Morgan fingerprint density at radius 1 is 1.38 bits per heavy atom. The van der Waals surface area contributed by atoms with Crippen LogP contribution in [-0.4, -0.2) is 59.4 Å². The van der Waals surface area contributed by atoms with Crippen LogP contribution in [0.1, 0.15) is 38.7 Å². The van der Waals surface area contributed by atoms with Crippen molar-refractivity contribution in [1.82, 2.24) is 14.6 Å². The lowest BCUT2D eigenvalue weighted by atomic mass is 10.0. The monoisotopic (exact) mass is 479 g/mol. The SMILES string of the molecule is C[C@@H]1CC[C@H](NC(=O)[CH]C[C@H](C)C(N)=O)[C@@H](O)CN1S(=O)(=O)c1ccc(C(F)(F)F)cn1. The van der Waals surface area contributed by atoms with Gasteiger partial charge in [0.1, 0.15) is 0 Å². The second-order valence-electron chi connectivity index (χ2n) is 7.81. The van der Waals surface area contributed by atoms with Crippen LogP contribution < -0.4 is 11.1 Å². The molecule has 4 N–H and O–H groups in total. The second kappa shape index (κ2) is 10.1. The number of primary amides is 1. The van der Waals surface area contributed by atoms with E-state index in [4.69, 9.17) is 5.73 Å². The molecular formula is C19H26F3N4O5S. The molecule has 2 rings (SSSR count). The molecule has 1 aromatic rings. The quantitative estimate of drug-likeness (QED) is 0.529. The Balaban J connectivity index is 2.10. The molecule has 179 valence electrons. The van der Waals surface area contributed by atoms with Crippen molar-refractivity contribution in [3.63, 3.8) is 0 Å². The summed E-state index contributed by atoms with van der Waals surface area (Å²) in [6.07, 6.45) is -3.59. The van der Waals surface area contributed by atoms with E-state index in [2.05, 4.69) is 10.3 Å². The molecule has 0 saturated carbocycles. The van der Waals surface area contributed by atoms with E-state index >= 15 is 0 Å². The number of alkyl halides is 3. The number of β-amino-alcohol motifs (C(OH)–C–C–N with tert-alkyl or cyclic N) is 1. The number of aliphatic hydroxyl groups excluding tert-OH is 1. The van der Waals surface area contributed by atoms with E-state index in [-0.39, 0.29) is 25.8 Å². The fourth-order valence-electron chi connectivity index (χ4n) is 3.21. The van der Waals surface area contributed by atoms with Gasteiger partial charge in [-0.05, 0) is 38.3 Å². The molecule has 0 aliphatic carbocycles. The van der Waals surface area contributed by atoms with E-state index in [1.165, 1.54) is 6.42 Å². The highest BCUT2D eigenvalue weighted by molar-refractivity contribution is 7.89. The number of pyridine rings is 1. The maximum Gasteiger partial charge on any atom is 0.417 e. The minimum Gasteiger partial charge on any atom is -0.390 e. The molecule has 1 saturated heterocycles. The van der Waals surface area contributed by atoms with E-state index < -0.39 is 62.7 Å². The molecule has 0 aromatic carbocycles. The van der Waals surface area contributed by atoms with Gasteiger partial charge in [0.05, 0.1) is 24.1 Å². The minimum atomic E-state index is -4.65. The minimum absolute atomic E-state index is 0.112. The Bertz CT molecular complexity index is 924. The average molecular weight is 480 g/mol. The first-order chi connectivity index (χ1) is 14.7. The average Bonchev–Trinajstić information content (AvgIpc) is 2.85. The summed E-state index contributed by atoms with van der Waals surface area (Å²) in [6, 6.07) is 0.0476. The first-order valence-electron chi connectivity index (χ1n) is 9.89.